The highest BCUT2D eigenvalue weighted by molar-refractivity contribution is 7.89. The summed E-state index contributed by atoms with van der Waals surface area (Å²) in [5.74, 6) is 1.31. The molecule has 1 aliphatic heterocycles. The maximum atomic E-state index is 13.4. The summed E-state index contributed by atoms with van der Waals surface area (Å²) in [4.78, 5) is 8.43. The lowest BCUT2D eigenvalue weighted by Gasteiger charge is -2.37. The Balaban J connectivity index is 1.47. The maximum absolute atomic E-state index is 13.4. The van der Waals surface area contributed by atoms with Crippen LogP contribution in [0.25, 0.3) is 0 Å². The van der Waals surface area contributed by atoms with Crippen LogP contribution in [0.2, 0.25) is 0 Å². The Kier molecular flexibility index (Phi) is 6.34. The lowest BCUT2D eigenvalue weighted by atomic mass is 10.0. The third-order valence-electron chi connectivity index (χ3n) is 5.72. The van der Waals surface area contributed by atoms with Crippen LogP contribution in [-0.4, -0.2) is 28.7 Å². The standard InChI is InChI=1S/C24H27N3O3S/c1-18-9-14-23(21-7-4-3-5-8-21)31(28,29)27(18)17-20-10-12-22(13-11-20)30-19(2)24-25-15-6-16-26-24/h3-8,10-13,15-16,18-19,23H,9,14,17H2,1-2H3/t18-,19?,23?/m0/s1. The van der Waals surface area contributed by atoms with Crippen LogP contribution in [0, 0.1) is 0 Å². The van der Waals surface area contributed by atoms with Crippen molar-refractivity contribution in [2.45, 2.75) is 50.6 Å². The fourth-order valence-electron chi connectivity index (χ4n) is 3.98. The van der Waals surface area contributed by atoms with E-state index in [2.05, 4.69) is 9.97 Å². The molecule has 162 valence electrons. The zero-order chi connectivity index (χ0) is 21.8. The molecule has 0 radical (unpaired) electrons. The van der Waals surface area contributed by atoms with Gasteiger partial charge in [-0.15, -0.1) is 0 Å². The van der Waals surface area contributed by atoms with Gasteiger partial charge in [-0.25, -0.2) is 18.4 Å². The van der Waals surface area contributed by atoms with Gasteiger partial charge in [-0.3, -0.25) is 0 Å². The Morgan fingerprint density at radius 2 is 1.68 bits per heavy atom. The molecule has 31 heavy (non-hydrogen) atoms. The number of hydrogen-bond acceptors (Lipinski definition) is 5. The molecule has 4 rings (SSSR count). The molecule has 0 N–H and O–H groups in total. The first-order valence-electron chi connectivity index (χ1n) is 10.5. The summed E-state index contributed by atoms with van der Waals surface area (Å²) < 4.78 is 34.3. The summed E-state index contributed by atoms with van der Waals surface area (Å²) in [6.07, 6.45) is 4.59. The minimum Gasteiger partial charge on any atom is -0.483 e. The number of aromatic nitrogens is 2. The van der Waals surface area contributed by atoms with E-state index < -0.39 is 15.3 Å². The van der Waals surface area contributed by atoms with Crippen LogP contribution in [0.5, 0.6) is 5.75 Å². The quantitative estimate of drug-likeness (QED) is 0.560. The van der Waals surface area contributed by atoms with Crippen molar-refractivity contribution in [1.82, 2.24) is 14.3 Å². The molecule has 3 aromatic rings. The van der Waals surface area contributed by atoms with Gasteiger partial charge in [0.05, 0.1) is 0 Å². The molecule has 1 aliphatic rings. The molecule has 0 spiro atoms. The summed E-state index contributed by atoms with van der Waals surface area (Å²) in [5.41, 5.74) is 1.79. The first-order valence-corrected chi connectivity index (χ1v) is 12.0. The normalized spacial score (nSPS) is 22.0. The van der Waals surface area contributed by atoms with Gasteiger partial charge in [0.15, 0.2) is 11.9 Å². The second kappa shape index (κ2) is 9.16. The Morgan fingerprint density at radius 3 is 2.35 bits per heavy atom. The topological polar surface area (TPSA) is 72.4 Å². The average molecular weight is 438 g/mol. The lowest BCUT2D eigenvalue weighted by Crippen LogP contribution is -2.44. The van der Waals surface area contributed by atoms with E-state index in [9.17, 15) is 8.42 Å². The number of rotatable bonds is 6. The van der Waals surface area contributed by atoms with E-state index in [-0.39, 0.29) is 12.1 Å². The largest absolute Gasteiger partial charge is 0.483 e. The second-order valence-electron chi connectivity index (χ2n) is 7.93. The maximum Gasteiger partial charge on any atom is 0.221 e. The van der Waals surface area contributed by atoms with Gasteiger partial charge in [-0.1, -0.05) is 42.5 Å². The number of nitrogens with zero attached hydrogens (tertiary/aromatic N) is 3. The van der Waals surface area contributed by atoms with E-state index in [4.69, 9.17) is 4.74 Å². The van der Waals surface area contributed by atoms with Gasteiger partial charge < -0.3 is 4.74 Å². The number of sulfonamides is 1. The number of ether oxygens (including phenoxy) is 1. The van der Waals surface area contributed by atoms with Crippen LogP contribution in [0.1, 0.15) is 55.0 Å². The van der Waals surface area contributed by atoms with Crippen LogP contribution in [0.15, 0.2) is 73.1 Å². The second-order valence-corrected chi connectivity index (χ2v) is 9.99. The van der Waals surface area contributed by atoms with Gasteiger partial charge in [0.1, 0.15) is 11.0 Å². The SMILES string of the molecule is CC(Oc1ccc(CN2[C@@H](C)CCC(c3ccccc3)S2(=O)=O)cc1)c1ncccn1. The minimum atomic E-state index is -3.44. The highest BCUT2D eigenvalue weighted by atomic mass is 32.2. The third-order valence-corrected chi connectivity index (χ3v) is 8.09. The Morgan fingerprint density at radius 1 is 1.00 bits per heavy atom. The van der Waals surface area contributed by atoms with E-state index in [0.29, 0.717) is 24.5 Å². The first-order chi connectivity index (χ1) is 14.9. The molecular weight excluding hydrogens is 410 g/mol. The molecule has 3 atom stereocenters. The molecule has 1 fully saturated rings. The Hall–Kier alpha value is -2.77. The van der Waals surface area contributed by atoms with E-state index in [1.165, 1.54) is 0 Å². The van der Waals surface area contributed by atoms with Crippen molar-refractivity contribution in [3.63, 3.8) is 0 Å². The molecule has 2 unspecified atom stereocenters. The number of benzene rings is 2. The Labute approximate surface area is 184 Å². The fourth-order valence-corrected chi connectivity index (χ4v) is 6.18. The molecule has 2 heterocycles. The summed E-state index contributed by atoms with van der Waals surface area (Å²) in [6.45, 7) is 4.23. The van der Waals surface area contributed by atoms with Crippen LogP contribution in [0.4, 0.5) is 0 Å². The molecule has 1 aromatic heterocycles. The van der Waals surface area contributed by atoms with Crippen molar-refractivity contribution in [3.8, 4) is 5.75 Å². The lowest BCUT2D eigenvalue weighted by molar-refractivity contribution is 0.216. The third kappa shape index (κ3) is 4.78. The van der Waals surface area contributed by atoms with Crippen LogP contribution < -0.4 is 4.74 Å². The van der Waals surface area contributed by atoms with Gasteiger partial charge in [0.25, 0.3) is 0 Å². The zero-order valence-corrected chi connectivity index (χ0v) is 18.6. The highest BCUT2D eigenvalue weighted by Gasteiger charge is 2.40. The summed E-state index contributed by atoms with van der Waals surface area (Å²) in [6, 6.07) is 18.8. The first kappa shape index (κ1) is 21.5. The molecule has 2 aromatic carbocycles. The van der Waals surface area contributed by atoms with Crippen LogP contribution >= 0.6 is 0 Å². The van der Waals surface area contributed by atoms with Crippen molar-refractivity contribution >= 4 is 10.0 Å². The highest BCUT2D eigenvalue weighted by Crippen LogP contribution is 2.38. The van der Waals surface area contributed by atoms with Crippen LogP contribution in [0.3, 0.4) is 0 Å². The molecular formula is C24H27N3O3S. The zero-order valence-electron chi connectivity index (χ0n) is 17.8. The number of hydrogen-bond donors (Lipinski definition) is 0. The summed E-state index contributed by atoms with van der Waals surface area (Å²) in [7, 11) is -3.44. The van der Waals surface area contributed by atoms with Gasteiger partial charge in [0.2, 0.25) is 10.0 Å². The van der Waals surface area contributed by atoms with Crippen molar-refractivity contribution in [1.29, 1.82) is 0 Å². The molecule has 6 nitrogen and oxygen atoms in total. The van der Waals surface area contributed by atoms with Gasteiger partial charge in [-0.2, -0.15) is 4.31 Å². The van der Waals surface area contributed by atoms with Crippen molar-refractivity contribution in [2.24, 2.45) is 0 Å². The van der Waals surface area contributed by atoms with E-state index >= 15 is 0 Å². The van der Waals surface area contributed by atoms with Crippen molar-refractivity contribution in [3.05, 3.63) is 90.0 Å². The van der Waals surface area contributed by atoms with Crippen LogP contribution in [-0.2, 0) is 16.6 Å². The molecule has 0 aliphatic carbocycles. The molecule has 1 saturated heterocycles. The van der Waals surface area contributed by atoms with E-state index in [1.807, 2.05) is 68.4 Å². The summed E-state index contributed by atoms with van der Waals surface area (Å²) in [5, 5.41) is -0.487. The van der Waals surface area contributed by atoms with Crippen molar-refractivity contribution in [2.75, 3.05) is 0 Å². The summed E-state index contributed by atoms with van der Waals surface area (Å²) >= 11 is 0. The Bertz CT molecular complexity index is 1090. The minimum absolute atomic E-state index is 0.0314. The fraction of sp³-hybridized carbons (Fsp3) is 0.333. The van der Waals surface area contributed by atoms with Gasteiger partial charge in [-0.05, 0) is 56.0 Å². The average Bonchev–Trinajstić information content (AvgIpc) is 2.79. The molecule has 0 saturated carbocycles. The monoisotopic (exact) mass is 437 g/mol. The predicted octanol–water partition coefficient (Wildman–Crippen LogP) is 4.67. The van der Waals surface area contributed by atoms with Gasteiger partial charge in [0, 0.05) is 25.0 Å². The van der Waals surface area contributed by atoms with Crippen molar-refractivity contribution < 1.29 is 13.2 Å². The molecule has 0 amide bonds. The smallest absolute Gasteiger partial charge is 0.221 e. The molecule has 7 heteroatoms. The van der Waals surface area contributed by atoms with Gasteiger partial charge >= 0.3 is 0 Å². The molecule has 0 bridgehead atoms. The van der Waals surface area contributed by atoms with E-state index in [1.54, 1.807) is 22.8 Å². The predicted molar refractivity (Wildman–Crippen MR) is 120 cm³/mol. The van der Waals surface area contributed by atoms with E-state index in [0.717, 1.165) is 17.5 Å².